The van der Waals surface area contributed by atoms with E-state index in [0.29, 0.717) is 12.4 Å². The fourth-order valence-corrected chi connectivity index (χ4v) is 2.09. The Morgan fingerprint density at radius 2 is 2.11 bits per heavy atom. The zero-order valence-corrected chi connectivity index (χ0v) is 12.0. The van der Waals surface area contributed by atoms with Gasteiger partial charge in [-0.2, -0.15) is 0 Å². The number of aromatic nitrogens is 3. The molecule has 2 rings (SSSR count). The maximum absolute atomic E-state index is 11.5. The Morgan fingerprint density at radius 1 is 1.42 bits per heavy atom. The van der Waals surface area contributed by atoms with Crippen LogP contribution in [0.1, 0.15) is 25.4 Å². The molecule has 1 amide bonds. The lowest BCUT2D eigenvalue weighted by Crippen LogP contribution is -2.35. The molecule has 2 heterocycles. The summed E-state index contributed by atoms with van der Waals surface area (Å²) in [5.41, 5.74) is 7.16. The molecule has 2 N–H and O–H groups in total. The second kappa shape index (κ2) is 4.81. The number of amides is 1. The van der Waals surface area contributed by atoms with Crippen molar-refractivity contribution in [2.75, 3.05) is 0 Å². The first kappa shape index (κ1) is 13.8. The molecular weight excluding hydrogens is 264 g/mol. The molecule has 0 radical (unpaired) electrons. The van der Waals surface area contributed by atoms with Crippen molar-refractivity contribution in [3.8, 4) is 0 Å². The molecule has 0 aliphatic heterocycles. The number of nitrogens with zero attached hydrogens (tertiary/aromatic N) is 3. The zero-order valence-electron chi connectivity index (χ0n) is 11.3. The minimum absolute atomic E-state index is 0.268. The number of primary amides is 1. The number of carbonyl (C=O) groups excluding carboxylic acids is 1. The Balaban J connectivity index is 2.57. The molecule has 0 unspecified atom stereocenters. The van der Waals surface area contributed by atoms with Gasteiger partial charge in [-0.25, -0.2) is 9.97 Å². The number of nitrogens with two attached hydrogens (primary N) is 1. The van der Waals surface area contributed by atoms with Gasteiger partial charge in [0.25, 0.3) is 0 Å². The Bertz CT molecular complexity index is 633. The van der Waals surface area contributed by atoms with Crippen LogP contribution in [-0.4, -0.2) is 20.4 Å². The molecule has 0 aliphatic carbocycles. The highest BCUT2D eigenvalue weighted by molar-refractivity contribution is 6.16. The fraction of sp³-hybridized carbons (Fsp3) is 0.462. The van der Waals surface area contributed by atoms with Crippen molar-refractivity contribution in [1.29, 1.82) is 0 Å². The average Bonchev–Trinajstić information content (AvgIpc) is 2.66. The number of alkyl halides is 1. The normalized spacial score (nSPS) is 12.0. The van der Waals surface area contributed by atoms with Crippen LogP contribution in [-0.2, 0) is 17.2 Å². The van der Waals surface area contributed by atoms with Crippen molar-refractivity contribution >= 4 is 28.7 Å². The number of carbonyl (C=O) groups is 1. The maximum atomic E-state index is 11.5. The van der Waals surface area contributed by atoms with Gasteiger partial charge in [-0.3, -0.25) is 4.79 Å². The quantitative estimate of drug-likeness (QED) is 0.871. The van der Waals surface area contributed by atoms with E-state index < -0.39 is 5.41 Å². The lowest BCUT2D eigenvalue weighted by molar-refractivity contribution is -0.126. The van der Waals surface area contributed by atoms with E-state index in [1.165, 1.54) is 0 Å². The molecule has 0 aliphatic rings. The number of imidazole rings is 1. The number of rotatable bonds is 4. The van der Waals surface area contributed by atoms with Crippen molar-refractivity contribution in [3.63, 3.8) is 0 Å². The summed E-state index contributed by atoms with van der Waals surface area (Å²) in [6.45, 7) is 5.93. The Labute approximate surface area is 116 Å². The third kappa shape index (κ3) is 2.56. The van der Waals surface area contributed by atoms with E-state index in [2.05, 4.69) is 9.97 Å². The molecular formula is C13H17ClN4O. The van der Waals surface area contributed by atoms with E-state index in [4.69, 9.17) is 17.3 Å². The van der Waals surface area contributed by atoms with E-state index >= 15 is 0 Å². The van der Waals surface area contributed by atoms with E-state index in [-0.39, 0.29) is 11.8 Å². The summed E-state index contributed by atoms with van der Waals surface area (Å²) in [4.78, 5) is 20.4. The molecule has 0 saturated heterocycles. The number of aryl methyl sites for hydroxylation is 1. The van der Waals surface area contributed by atoms with Gasteiger partial charge in [-0.05, 0) is 32.9 Å². The summed E-state index contributed by atoms with van der Waals surface area (Å²) in [6, 6.07) is 3.80. The smallest absolute Gasteiger partial charge is 0.224 e. The van der Waals surface area contributed by atoms with Gasteiger partial charge in [-0.15, -0.1) is 11.6 Å². The van der Waals surface area contributed by atoms with E-state index in [1.54, 1.807) is 13.8 Å². The molecule has 0 atom stereocenters. The largest absolute Gasteiger partial charge is 0.369 e. The van der Waals surface area contributed by atoms with Gasteiger partial charge in [0.1, 0.15) is 11.3 Å². The van der Waals surface area contributed by atoms with Crippen molar-refractivity contribution < 1.29 is 4.79 Å². The minimum Gasteiger partial charge on any atom is -0.369 e. The predicted octanol–water partition coefficient (Wildman–Crippen LogP) is 1.99. The number of fused-ring (bicyclic) bond motifs is 1. The van der Waals surface area contributed by atoms with Crippen LogP contribution in [0.4, 0.5) is 0 Å². The molecule has 6 heteroatoms. The minimum atomic E-state index is -0.681. The number of hydrogen-bond acceptors (Lipinski definition) is 3. The molecule has 0 bridgehead atoms. The SMILES string of the molecule is Cc1ccc2nc(CCl)n(CC(C)(C)C(N)=O)c2n1. The lowest BCUT2D eigenvalue weighted by atomic mass is 9.92. The highest BCUT2D eigenvalue weighted by Crippen LogP contribution is 2.23. The van der Waals surface area contributed by atoms with Gasteiger partial charge in [0.2, 0.25) is 5.91 Å². The lowest BCUT2D eigenvalue weighted by Gasteiger charge is -2.22. The third-order valence-electron chi connectivity index (χ3n) is 3.15. The van der Waals surface area contributed by atoms with Crippen LogP contribution in [0.3, 0.4) is 0 Å². The van der Waals surface area contributed by atoms with Crippen molar-refractivity contribution in [2.24, 2.45) is 11.1 Å². The fourth-order valence-electron chi connectivity index (χ4n) is 1.88. The molecule has 0 aromatic carbocycles. The zero-order chi connectivity index (χ0) is 14.2. The molecule has 19 heavy (non-hydrogen) atoms. The molecule has 102 valence electrons. The van der Waals surface area contributed by atoms with Crippen LogP contribution >= 0.6 is 11.6 Å². The van der Waals surface area contributed by atoms with Crippen molar-refractivity contribution in [2.45, 2.75) is 33.2 Å². The second-order valence-corrected chi connectivity index (χ2v) is 5.56. The van der Waals surface area contributed by atoms with E-state index in [0.717, 1.165) is 16.9 Å². The summed E-state index contributed by atoms with van der Waals surface area (Å²) in [5, 5.41) is 0. The molecule has 0 spiro atoms. The molecule has 5 nitrogen and oxygen atoms in total. The topological polar surface area (TPSA) is 73.8 Å². The highest BCUT2D eigenvalue weighted by Gasteiger charge is 2.27. The van der Waals surface area contributed by atoms with Gasteiger partial charge in [0.05, 0.1) is 11.3 Å². The van der Waals surface area contributed by atoms with Crippen LogP contribution in [0.25, 0.3) is 11.2 Å². The standard InChI is InChI=1S/C13H17ClN4O/c1-8-4-5-9-11(16-8)18(10(6-14)17-9)7-13(2,3)12(15)19/h4-5H,6-7H2,1-3H3,(H2,15,19). The molecule has 2 aromatic heterocycles. The third-order valence-corrected chi connectivity index (χ3v) is 3.39. The molecule has 0 fully saturated rings. The van der Waals surface area contributed by atoms with Gasteiger partial charge in [0, 0.05) is 12.2 Å². The maximum Gasteiger partial charge on any atom is 0.224 e. The summed E-state index contributed by atoms with van der Waals surface area (Å²) in [7, 11) is 0. The number of pyridine rings is 1. The summed E-state index contributed by atoms with van der Waals surface area (Å²) in [6.07, 6.45) is 0. The molecule has 0 saturated carbocycles. The first-order chi connectivity index (χ1) is 8.85. The summed E-state index contributed by atoms with van der Waals surface area (Å²) < 4.78 is 1.88. The summed E-state index contributed by atoms with van der Waals surface area (Å²) in [5.74, 6) is 0.608. The summed E-state index contributed by atoms with van der Waals surface area (Å²) >= 11 is 5.92. The Kier molecular flexibility index (Phi) is 3.49. The van der Waals surface area contributed by atoms with E-state index in [9.17, 15) is 4.79 Å². The van der Waals surface area contributed by atoms with Crippen LogP contribution in [0.2, 0.25) is 0 Å². The Morgan fingerprint density at radius 3 is 2.68 bits per heavy atom. The second-order valence-electron chi connectivity index (χ2n) is 5.29. The van der Waals surface area contributed by atoms with Gasteiger partial charge in [-0.1, -0.05) is 0 Å². The van der Waals surface area contributed by atoms with Crippen LogP contribution in [0.5, 0.6) is 0 Å². The molecule has 2 aromatic rings. The van der Waals surface area contributed by atoms with Gasteiger partial charge < -0.3 is 10.3 Å². The van der Waals surface area contributed by atoms with Crippen LogP contribution in [0.15, 0.2) is 12.1 Å². The van der Waals surface area contributed by atoms with E-state index in [1.807, 2.05) is 23.6 Å². The number of hydrogen-bond donors (Lipinski definition) is 1. The number of halogens is 1. The first-order valence-corrected chi connectivity index (χ1v) is 6.57. The van der Waals surface area contributed by atoms with Crippen LogP contribution in [0, 0.1) is 12.3 Å². The monoisotopic (exact) mass is 280 g/mol. The average molecular weight is 281 g/mol. The van der Waals surface area contributed by atoms with Crippen molar-refractivity contribution in [3.05, 3.63) is 23.7 Å². The Hall–Kier alpha value is -1.62. The predicted molar refractivity (Wildman–Crippen MR) is 74.8 cm³/mol. The van der Waals surface area contributed by atoms with Gasteiger partial charge >= 0.3 is 0 Å². The van der Waals surface area contributed by atoms with Crippen molar-refractivity contribution in [1.82, 2.24) is 14.5 Å². The highest BCUT2D eigenvalue weighted by atomic mass is 35.5. The first-order valence-electron chi connectivity index (χ1n) is 6.04. The van der Waals surface area contributed by atoms with Crippen LogP contribution < -0.4 is 5.73 Å². The van der Waals surface area contributed by atoms with Gasteiger partial charge in [0.15, 0.2) is 5.65 Å².